The van der Waals surface area contributed by atoms with Gasteiger partial charge in [-0.3, -0.25) is 0 Å². The molecule has 2 N–H and O–H groups in total. The minimum Gasteiger partial charge on any atom is -0.508 e. The van der Waals surface area contributed by atoms with Crippen molar-refractivity contribution in [2.24, 2.45) is 0 Å². The summed E-state index contributed by atoms with van der Waals surface area (Å²) in [6, 6.07) is 3.94. The predicted molar refractivity (Wildman–Crippen MR) is 69.1 cm³/mol. The smallest absolute Gasteiger partial charge is 0.258 e. The summed E-state index contributed by atoms with van der Waals surface area (Å²) in [5, 5.41) is 22.6. The van der Waals surface area contributed by atoms with Gasteiger partial charge in [0.05, 0.1) is 11.5 Å². The molecule has 0 aliphatic carbocycles. The van der Waals surface area contributed by atoms with E-state index in [2.05, 4.69) is 10.1 Å². The van der Waals surface area contributed by atoms with E-state index in [4.69, 9.17) is 4.52 Å². The van der Waals surface area contributed by atoms with Gasteiger partial charge in [-0.1, -0.05) is 5.16 Å². The average Bonchev–Trinajstić information content (AvgIpc) is 2.94. The Labute approximate surface area is 114 Å². The molecule has 0 bridgehead atoms. The average molecular weight is 296 g/mol. The van der Waals surface area contributed by atoms with Crippen molar-refractivity contribution in [3.63, 3.8) is 0 Å². The second kappa shape index (κ2) is 4.48. The summed E-state index contributed by atoms with van der Waals surface area (Å²) in [5.41, 5.74) is 0.377. The van der Waals surface area contributed by atoms with Crippen molar-refractivity contribution in [3.8, 4) is 23.0 Å². The first-order valence-electron chi connectivity index (χ1n) is 6.00. The van der Waals surface area contributed by atoms with Crippen LogP contribution >= 0.6 is 0 Å². The highest BCUT2D eigenvalue weighted by Crippen LogP contribution is 2.31. The van der Waals surface area contributed by atoms with Gasteiger partial charge in [-0.05, 0) is 18.6 Å². The van der Waals surface area contributed by atoms with E-state index in [-0.39, 0.29) is 34.8 Å². The van der Waals surface area contributed by atoms with E-state index in [9.17, 15) is 18.6 Å². The van der Waals surface area contributed by atoms with Gasteiger partial charge in [-0.15, -0.1) is 0 Å². The molecular formula is C12H12N2O5S. The maximum absolute atomic E-state index is 11.4. The number of hydrogen-bond acceptors (Lipinski definition) is 7. The van der Waals surface area contributed by atoms with Crippen LogP contribution in [-0.2, 0) is 9.84 Å². The summed E-state index contributed by atoms with van der Waals surface area (Å²) in [6.07, 6.45) is 0.479. The third-order valence-electron chi connectivity index (χ3n) is 3.19. The number of aromatic nitrogens is 2. The Kier molecular flexibility index (Phi) is 2.89. The zero-order valence-corrected chi connectivity index (χ0v) is 11.2. The molecule has 1 aromatic carbocycles. The maximum Gasteiger partial charge on any atom is 0.258 e. The van der Waals surface area contributed by atoms with Crippen LogP contribution in [0.15, 0.2) is 22.7 Å². The molecule has 0 radical (unpaired) electrons. The molecule has 1 atom stereocenters. The monoisotopic (exact) mass is 296 g/mol. The van der Waals surface area contributed by atoms with Gasteiger partial charge in [0.2, 0.25) is 0 Å². The number of benzene rings is 1. The van der Waals surface area contributed by atoms with Crippen molar-refractivity contribution in [2.75, 3.05) is 11.5 Å². The largest absolute Gasteiger partial charge is 0.508 e. The fourth-order valence-corrected chi connectivity index (χ4v) is 3.97. The second-order valence-electron chi connectivity index (χ2n) is 4.80. The van der Waals surface area contributed by atoms with Crippen molar-refractivity contribution in [1.29, 1.82) is 0 Å². The SMILES string of the molecule is O=S1(=O)CCC(c2noc(-c3cc(O)cc(O)c3)n2)C1. The molecule has 8 heteroatoms. The summed E-state index contributed by atoms with van der Waals surface area (Å²) in [7, 11) is -3.01. The molecule has 20 heavy (non-hydrogen) atoms. The second-order valence-corrected chi connectivity index (χ2v) is 7.02. The first-order valence-corrected chi connectivity index (χ1v) is 7.82. The molecule has 1 saturated heterocycles. The lowest BCUT2D eigenvalue weighted by Gasteiger charge is -1.99. The summed E-state index contributed by atoms with van der Waals surface area (Å²) in [4.78, 5) is 4.15. The Morgan fingerprint density at radius 1 is 1.20 bits per heavy atom. The predicted octanol–water partition coefficient (Wildman–Crippen LogP) is 1.05. The number of nitrogens with zero attached hydrogens (tertiary/aromatic N) is 2. The van der Waals surface area contributed by atoms with Crippen LogP contribution in [0.5, 0.6) is 11.5 Å². The molecule has 0 spiro atoms. The quantitative estimate of drug-likeness (QED) is 0.851. The fraction of sp³-hybridized carbons (Fsp3) is 0.333. The van der Waals surface area contributed by atoms with Crippen molar-refractivity contribution < 1.29 is 23.2 Å². The van der Waals surface area contributed by atoms with Crippen molar-refractivity contribution >= 4 is 9.84 Å². The molecule has 2 aromatic rings. The van der Waals surface area contributed by atoms with Crippen LogP contribution in [0.25, 0.3) is 11.5 Å². The molecule has 1 aliphatic heterocycles. The number of hydrogen-bond donors (Lipinski definition) is 2. The van der Waals surface area contributed by atoms with E-state index in [1.165, 1.54) is 18.2 Å². The van der Waals surface area contributed by atoms with Crippen LogP contribution in [0.3, 0.4) is 0 Å². The highest BCUT2D eigenvalue weighted by Gasteiger charge is 2.32. The Morgan fingerprint density at radius 2 is 1.90 bits per heavy atom. The minimum absolute atomic E-state index is 0.0251. The minimum atomic E-state index is -3.01. The van der Waals surface area contributed by atoms with Crippen LogP contribution in [0.4, 0.5) is 0 Å². The molecule has 2 heterocycles. The molecule has 3 rings (SSSR count). The van der Waals surface area contributed by atoms with Crippen molar-refractivity contribution in [2.45, 2.75) is 12.3 Å². The summed E-state index contributed by atoms with van der Waals surface area (Å²) < 4.78 is 27.9. The Hall–Kier alpha value is -2.09. The van der Waals surface area contributed by atoms with Crippen LogP contribution < -0.4 is 0 Å². The third-order valence-corrected chi connectivity index (χ3v) is 4.96. The molecule has 1 aromatic heterocycles. The highest BCUT2D eigenvalue weighted by atomic mass is 32.2. The Balaban J connectivity index is 1.90. The summed E-state index contributed by atoms with van der Waals surface area (Å²) in [5.74, 6) is 0.125. The van der Waals surface area contributed by atoms with E-state index >= 15 is 0 Å². The van der Waals surface area contributed by atoms with E-state index in [0.29, 0.717) is 17.8 Å². The molecule has 0 amide bonds. The molecule has 1 unspecified atom stereocenters. The van der Waals surface area contributed by atoms with Gasteiger partial charge in [-0.2, -0.15) is 4.98 Å². The van der Waals surface area contributed by atoms with Gasteiger partial charge in [0.15, 0.2) is 15.7 Å². The number of phenolic OH excluding ortho intramolecular Hbond substituents is 2. The fourth-order valence-electron chi connectivity index (χ4n) is 2.24. The zero-order chi connectivity index (χ0) is 14.3. The molecule has 1 aliphatic rings. The summed E-state index contributed by atoms with van der Waals surface area (Å²) >= 11 is 0. The van der Waals surface area contributed by atoms with E-state index in [1.807, 2.05) is 0 Å². The Morgan fingerprint density at radius 3 is 2.50 bits per heavy atom. The van der Waals surface area contributed by atoms with Gasteiger partial charge in [0.1, 0.15) is 11.5 Å². The lowest BCUT2D eigenvalue weighted by Crippen LogP contribution is -2.04. The normalized spacial score (nSPS) is 21.1. The third kappa shape index (κ3) is 2.46. The lowest BCUT2D eigenvalue weighted by molar-refractivity contribution is 0.416. The van der Waals surface area contributed by atoms with Crippen LogP contribution in [0.2, 0.25) is 0 Å². The van der Waals surface area contributed by atoms with Crippen molar-refractivity contribution in [3.05, 3.63) is 24.0 Å². The van der Waals surface area contributed by atoms with E-state index < -0.39 is 9.84 Å². The molecule has 0 saturated carbocycles. The molecule has 106 valence electrons. The van der Waals surface area contributed by atoms with E-state index in [1.54, 1.807) is 0 Å². The molecular weight excluding hydrogens is 284 g/mol. The van der Waals surface area contributed by atoms with E-state index in [0.717, 1.165) is 0 Å². The number of phenols is 2. The van der Waals surface area contributed by atoms with Gasteiger partial charge in [0, 0.05) is 17.5 Å². The summed E-state index contributed by atoms with van der Waals surface area (Å²) in [6.45, 7) is 0. The van der Waals surface area contributed by atoms with Crippen molar-refractivity contribution in [1.82, 2.24) is 10.1 Å². The highest BCUT2D eigenvalue weighted by molar-refractivity contribution is 7.91. The van der Waals surface area contributed by atoms with Crippen LogP contribution in [0, 0.1) is 0 Å². The molecule has 7 nitrogen and oxygen atoms in total. The number of rotatable bonds is 2. The van der Waals surface area contributed by atoms with Gasteiger partial charge in [0.25, 0.3) is 5.89 Å². The van der Waals surface area contributed by atoms with Crippen LogP contribution in [-0.4, -0.2) is 40.3 Å². The van der Waals surface area contributed by atoms with Crippen LogP contribution in [0.1, 0.15) is 18.2 Å². The number of sulfone groups is 1. The first-order chi connectivity index (χ1) is 9.43. The van der Waals surface area contributed by atoms with Gasteiger partial charge in [-0.25, -0.2) is 8.42 Å². The Bertz CT molecular complexity index is 733. The first kappa shape index (κ1) is 12.9. The topological polar surface area (TPSA) is 114 Å². The zero-order valence-electron chi connectivity index (χ0n) is 10.4. The maximum atomic E-state index is 11.4. The standard InChI is InChI=1S/C12H12N2O5S/c15-9-3-8(4-10(16)5-9)12-13-11(14-19-12)7-1-2-20(17,18)6-7/h3-5,7,15-16H,1-2,6H2. The lowest BCUT2D eigenvalue weighted by atomic mass is 10.1. The molecule has 1 fully saturated rings. The van der Waals surface area contributed by atoms with Gasteiger partial charge < -0.3 is 14.7 Å². The van der Waals surface area contributed by atoms with Gasteiger partial charge >= 0.3 is 0 Å². The number of aromatic hydroxyl groups is 2.